The predicted molar refractivity (Wildman–Crippen MR) is 234 cm³/mol. The van der Waals surface area contributed by atoms with Crippen LogP contribution in [0, 0.1) is 0 Å². The molecule has 4 heteroatoms. The number of thioether (sulfide) groups is 2. The fourth-order valence-electron chi connectivity index (χ4n) is 7.99. The highest BCUT2D eigenvalue weighted by molar-refractivity contribution is 8.26. The normalized spacial score (nSPS) is 19.2. The van der Waals surface area contributed by atoms with Gasteiger partial charge in [0, 0.05) is 0 Å². The molecule has 1 aromatic rings. The van der Waals surface area contributed by atoms with Crippen molar-refractivity contribution in [3.8, 4) is 5.75 Å². The number of phenols is 1. The van der Waals surface area contributed by atoms with Gasteiger partial charge >= 0.3 is 0 Å². The lowest BCUT2D eigenvalue weighted by atomic mass is 9.98. The molecule has 2 atom stereocenters. The summed E-state index contributed by atoms with van der Waals surface area (Å²) in [7, 11) is 0. The van der Waals surface area contributed by atoms with Crippen LogP contribution < -0.4 is 0 Å². The maximum Gasteiger partial charge on any atom is 0.159 e. The molecule has 0 spiro atoms. The Balaban J connectivity index is 1.21. The Hall–Kier alpha value is -0.840. The molecule has 0 radical (unpaired) electrons. The molecule has 0 amide bonds. The molecule has 1 saturated heterocycles. The Bertz CT molecular complexity index is 1100. The van der Waals surface area contributed by atoms with Crippen LogP contribution in [0.2, 0.25) is 0 Å². The van der Waals surface area contributed by atoms with E-state index in [4.69, 9.17) is 0 Å². The molecule has 1 fully saturated rings. The number of fused-ring (bicyclic) bond motifs is 1. The zero-order chi connectivity index (χ0) is 37.0. The first-order valence-electron chi connectivity index (χ1n) is 22.9. The summed E-state index contributed by atoms with van der Waals surface area (Å²) in [6.45, 7) is 4.59. The average Bonchev–Trinajstić information content (AvgIpc) is 3.76. The van der Waals surface area contributed by atoms with E-state index in [0.717, 1.165) is 17.7 Å². The second kappa shape index (κ2) is 28.6. The predicted octanol–water partition coefficient (Wildman–Crippen LogP) is 16.6. The molecule has 2 N–H and O–H groups in total. The maximum absolute atomic E-state index is 11.2. The van der Waals surface area contributed by atoms with Crippen molar-refractivity contribution in [1.29, 1.82) is 0 Å². The number of hydrogen-bond acceptors (Lipinski definition) is 4. The third-order valence-corrected chi connectivity index (χ3v) is 14.8. The van der Waals surface area contributed by atoms with E-state index in [1.807, 2.05) is 12.1 Å². The molecule has 2 aliphatic rings. The Labute approximate surface area is 331 Å². The van der Waals surface area contributed by atoms with Gasteiger partial charge in [0.2, 0.25) is 0 Å². The Morgan fingerprint density at radius 3 is 1.33 bits per heavy atom. The summed E-state index contributed by atoms with van der Waals surface area (Å²) in [5.41, 5.74) is 2.65. The van der Waals surface area contributed by atoms with Crippen LogP contribution in [0.5, 0.6) is 5.75 Å². The van der Waals surface area contributed by atoms with Gasteiger partial charge in [0.25, 0.3) is 0 Å². The number of hydrogen-bond donors (Lipinski definition) is 2. The van der Waals surface area contributed by atoms with Crippen molar-refractivity contribution in [2.24, 2.45) is 0 Å². The van der Waals surface area contributed by atoms with Crippen LogP contribution in [0.15, 0.2) is 46.9 Å². The van der Waals surface area contributed by atoms with Gasteiger partial charge in [0.15, 0.2) is 4.93 Å². The molecule has 3 rings (SSSR count). The minimum absolute atomic E-state index is 0.340. The van der Waals surface area contributed by atoms with E-state index in [9.17, 15) is 10.2 Å². The van der Waals surface area contributed by atoms with Crippen molar-refractivity contribution in [2.75, 3.05) is 0 Å². The van der Waals surface area contributed by atoms with Crippen molar-refractivity contribution in [3.05, 3.63) is 47.6 Å². The van der Waals surface area contributed by atoms with Crippen LogP contribution in [0.1, 0.15) is 231 Å². The zero-order valence-electron chi connectivity index (χ0n) is 34.2. The summed E-state index contributed by atoms with van der Waals surface area (Å²) in [5.74, 6) is 0.340. The topological polar surface area (TPSA) is 40.5 Å². The smallest absolute Gasteiger partial charge is 0.159 e. The summed E-state index contributed by atoms with van der Waals surface area (Å²) in [4.78, 5) is 0.0531. The second-order valence-corrected chi connectivity index (χ2v) is 19.5. The molecular weight excluding hydrogens is 673 g/mol. The lowest BCUT2D eigenvalue weighted by Gasteiger charge is -2.20. The van der Waals surface area contributed by atoms with Crippen LogP contribution in [0.4, 0.5) is 0 Å². The number of aromatic hydroxyl groups is 1. The molecule has 1 aromatic carbocycles. The number of rotatable bonds is 36. The fourth-order valence-corrected chi connectivity index (χ4v) is 11.0. The molecule has 1 heterocycles. The van der Waals surface area contributed by atoms with E-state index < -0.39 is 9.01 Å². The molecule has 0 aromatic heterocycles. The molecule has 298 valence electrons. The summed E-state index contributed by atoms with van der Waals surface area (Å²) < 4.78 is -0.406. The zero-order valence-corrected chi connectivity index (χ0v) is 35.8. The van der Waals surface area contributed by atoms with E-state index in [2.05, 4.69) is 38.1 Å². The summed E-state index contributed by atoms with van der Waals surface area (Å²) >= 11 is 3.26. The van der Waals surface area contributed by atoms with Gasteiger partial charge in [-0.2, -0.15) is 0 Å². The molecule has 1 aliphatic carbocycles. The number of benzene rings is 1. The Morgan fingerprint density at radius 2 is 0.904 bits per heavy atom. The van der Waals surface area contributed by atoms with Gasteiger partial charge in [-0.1, -0.05) is 248 Å². The van der Waals surface area contributed by atoms with Gasteiger partial charge in [-0.05, 0) is 55.0 Å². The van der Waals surface area contributed by atoms with Gasteiger partial charge < -0.3 is 10.2 Å². The molecule has 0 saturated carbocycles. The van der Waals surface area contributed by atoms with Crippen molar-refractivity contribution in [2.45, 2.75) is 246 Å². The number of allylic oxidation sites excluding steroid dienone is 2. The van der Waals surface area contributed by atoms with Gasteiger partial charge in [-0.3, -0.25) is 0 Å². The van der Waals surface area contributed by atoms with Crippen LogP contribution in [0.25, 0.3) is 0 Å². The molecule has 2 unspecified atom stereocenters. The minimum atomic E-state index is -0.855. The van der Waals surface area contributed by atoms with Crippen molar-refractivity contribution >= 4 is 23.5 Å². The fraction of sp³-hybridized carbons (Fsp3) is 0.792. The van der Waals surface area contributed by atoms with Crippen molar-refractivity contribution < 1.29 is 10.2 Å². The highest BCUT2D eigenvalue weighted by atomic mass is 32.2. The maximum atomic E-state index is 11.2. The Morgan fingerprint density at radius 1 is 0.519 bits per heavy atom. The highest BCUT2D eigenvalue weighted by Gasteiger charge is 2.68. The van der Waals surface area contributed by atoms with Gasteiger partial charge in [0.05, 0.1) is 4.90 Å². The van der Waals surface area contributed by atoms with Crippen molar-refractivity contribution in [3.63, 3.8) is 0 Å². The average molecular weight is 755 g/mol. The van der Waals surface area contributed by atoms with Crippen LogP contribution in [-0.4, -0.2) is 19.2 Å². The molecule has 0 bridgehead atoms. The standard InChI is InChI=1S/C48H82O2S2/c1-3-5-7-9-11-13-15-17-19-21-23-25-27-29-31-33-35-43-37-38-45(49)46(41-43)51-48-42-44(39-40-47(48,50)52-48)36-34-32-30-28-26-24-22-20-18-16-14-12-10-8-6-4-2/h37-42,49-50H,3-36H2,1-2H3. The summed E-state index contributed by atoms with van der Waals surface area (Å²) in [6.07, 6.45) is 53.2. The third-order valence-electron chi connectivity index (χ3n) is 11.6. The quantitative estimate of drug-likeness (QED) is 0.0529. The SMILES string of the molecule is CCCCCCCCCCCCCCCCCCC1=CC2(Sc3cc(CCCCCCCCCCCCCCCCCC)ccc3O)SC2(O)C=C1. The first kappa shape index (κ1) is 45.5. The van der Waals surface area contributed by atoms with Gasteiger partial charge in [-0.15, -0.1) is 0 Å². The molecular formula is C48H82O2S2. The minimum Gasteiger partial charge on any atom is -0.507 e. The van der Waals surface area contributed by atoms with E-state index in [1.165, 1.54) is 217 Å². The van der Waals surface area contributed by atoms with E-state index in [0.29, 0.717) is 5.75 Å². The number of aliphatic hydroxyl groups is 1. The van der Waals surface area contributed by atoms with Crippen LogP contribution >= 0.6 is 23.5 Å². The van der Waals surface area contributed by atoms with E-state index >= 15 is 0 Å². The van der Waals surface area contributed by atoms with Gasteiger partial charge in [0.1, 0.15) is 9.83 Å². The first-order chi connectivity index (χ1) is 25.5. The number of phenolic OH excluding ortho intramolecular Hbond substituents is 1. The number of aryl methyl sites for hydroxylation is 1. The molecule has 1 aliphatic heterocycles. The summed E-state index contributed by atoms with van der Waals surface area (Å²) in [6, 6.07) is 6.14. The lowest BCUT2D eigenvalue weighted by molar-refractivity contribution is 0.221. The highest BCUT2D eigenvalue weighted by Crippen LogP contribution is 2.73. The van der Waals surface area contributed by atoms with E-state index in [-0.39, 0.29) is 0 Å². The van der Waals surface area contributed by atoms with Gasteiger partial charge in [-0.25, -0.2) is 0 Å². The van der Waals surface area contributed by atoms with Crippen LogP contribution in [-0.2, 0) is 6.42 Å². The monoisotopic (exact) mass is 755 g/mol. The molecule has 52 heavy (non-hydrogen) atoms. The van der Waals surface area contributed by atoms with Crippen molar-refractivity contribution in [1.82, 2.24) is 0 Å². The second-order valence-electron chi connectivity index (χ2n) is 16.5. The number of unbranched alkanes of at least 4 members (excludes halogenated alkanes) is 30. The van der Waals surface area contributed by atoms with E-state index in [1.54, 1.807) is 23.5 Å². The third kappa shape index (κ3) is 19.2. The van der Waals surface area contributed by atoms with Crippen LogP contribution in [0.3, 0.4) is 0 Å². The largest absolute Gasteiger partial charge is 0.507 e. The molecule has 2 nitrogen and oxygen atoms in total. The first-order valence-corrected chi connectivity index (χ1v) is 24.5. The Kier molecular flexibility index (Phi) is 25.0. The summed E-state index contributed by atoms with van der Waals surface area (Å²) in [5, 5.41) is 22.0. The lowest BCUT2D eigenvalue weighted by Crippen LogP contribution is -2.21.